The molecule has 1 saturated heterocycles. The molecule has 4 heteroatoms. The smallest absolute Gasteiger partial charge is 0.164 e. The molecular weight excluding hydrogens is 306 g/mol. The Bertz CT molecular complexity index is 450. The molecule has 0 radical (unpaired) electrons. The summed E-state index contributed by atoms with van der Waals surface area (Å²) in [4.78, 5) is 14.5. The van der Waals surface area contributed by atoms with Crippen molar-refractivity contribution in [3.8, 4) is 0 Å². The molecule has 1 aromatic rings. The van der Waals surface area contributed by atoms with Gasteiger partial charge in [0.15, 0.2) is 5.78 Å². The number of carbonyl (C=O) groups excluding carboxylic acids is 1. The zero-order valence-electron chi connectivity index (χ0n) is 11.4. The van der Waals surface area contributed by atoms with Crippen molar-refractivity contribution in [1.82, 2.24) is 4.90 Å². The van der Waals surface area contributed by atoms with Gasteiger partial charge < -0.3 is 4.74 Å². The van der Waals surface area contributed by atoms with Crippen LogP contribution in [0.3, 0.4) is 0 Å². The fraction of sp³-hybridized carbons (Fsp3) is 0.533. The van der Waals surface area contributed by atoms with Crippen LogP contribution in [0.15, 0.2) is 28.7 Å². The summed E-state index contributed by atoms with van der Waals surface area (Å²) in [6.07, 6.45) is 0.824. The molecule has 2 unspecified atom stereocenters. The van der Waals surface area contributed by atoms with Gasteiger partial charge in [-0.2, -0.15) is 0 Å². The maximum absolute atomic E-state index is 12.1. The molecule has 0 N–H and O–H groups in total. The zero-order chi connectivity index (χ0) is 13.8. The van der Waals surface area contributed by atoms with Crippen LogP contribution in [0.1, 0.15) is 30.6 Å². The lowest BCUT2D eigenvalue weighted by atomic mass is 10.1. The van der Waals surface area contributed by atoms with E-state index in [1.54, 1.807) is 0 Å². The lowest BCUT2D eigenvalue weighted by Crippen LogP contribution is -2.47. The highest BCUT2D eigenvalue weighted by molar-refractivity contribution is 9.10. The topological polar surface area (TPSA) is 29.5 Å². The average molecular weight is 326 g/mol. The first-order chi connectivity index (χ1) is 9.06. The summed E-state index contributed by atoms with van der Waals surface area (Å²) >= 11 is 3.40. The molecular formula is C15H20BrNO2. The second-order valence-corrected chi connectivity index (χ2v) is 6.09. The highest BCUT2D eigenvalue weighted by Crippen LogP contribution is 2.15. The number of halogens is 1. The lowest BCUT2D eigenvalue weighted by molar-refractivity contribution is -0.0488. The Morgan fingerprint density at radius 3 is 3.00 bits per heavy atom. The van der Waals surface area contributed by atoms with Gasteiger partial charge in [-0.3, -0.25) is 9.69 Å². The Balaban J connectivity index is 1.89. The molecule has 0 spiro atoms. The maximum atomic E-state index is 12.1. The van der Waals surface area contributed by atoms with Crippen LogP contribution < -0.4 is 0 Å². The highest BCUT2D eigenvalue weighted by Gasteiger charge is 2.23. The average Bonchev–Trinajstić information content (AvgIpc) is 2.39. The van der Waals surface area contributed by atoms with E-state index in [1.807, 2.05) is 24.3 Å². The zero-order valence-corrected chi connectivity index (χ0v) is 13.0. The Hall–Kier alpha value is -0.710. The van der Waals surface area contributed by atoms with E-state index >= 15 is 0 Å². The third-order valence-electron chi connectivity index (χ3n) is 3.51. The van der Waals surface area contributed by atoms with Gasteiger partial charge in [-0.25, -0.2) is 0 Å². The number of hydrogen-bond donors (Lipinski definition) is 0. The number of nitrogens with zero attached hydrogens (tertiary/aromatic N) is 1. The predicted molar refractivity (Wildman–Crippen MR) is 79.5 cm³/mol. The Morgan fingerprint density at radius 1 is 1.47 bits per heavy atom. The standard InChI is InChI=1S/C15H20BrNO2/c1-11-10-19-12(2)9-17(11)7-6-15(18)13-4-3-5-14(16)8-13/h3-5,8,11-12H,6-7,9-10H2,1-2H3. The van der Waals surface area contributed by atoms with E-state index in [0.29, 0.717) is 12.5 Å². The molecule has 1 aliphatic rings. The Kier molecular flexibility index (Phi) is 5.13. The molecule has 19 heavy (non-hydrogen) atoms. The van der Waals surface area contributed by atoms with E-state index in [4.69, 9.17) is 4.74 Å². The van der Waals surface area contributed by atoms with Crippen LogP contribution in [0.2, 0.25) is 0 Å². The second kappa shape index (κ2) is 6.64. The third kappa shape index (κ3) is 4.13. The summed E-state index contributed by atoms with van der Waals surface area (Å²) in [6, 6.07) is 7.98. The van der Waals surface area contributed by atoms with Gasteiger partial charge in [-0.15, -0.1) is 0 Å². The summed E-state index contributed by atoms with van der Waals surface area (Å²) in [5.74, 6) is 0.202. The number of ether oxygens (including phenoxy) is 1. The van der Waals surface area contributed by atoms with Crippen molar-refractivity contribution >= 4 is 21.7 Å². The van der Waals surface area contributed by atoms with Gasteiger partial charge in [-0.1, -0.05) is 28.1 Å². The van der Waals surface area contributed by atoms with Gasteiger partial charge in [0.05, 0.1) is 12.7 Å². The first-order valence-corrected chi connectivity index (χ1v) is 7.50. The van der Waals surface area contributed by atoms with Gasteiger partial charge in [0, 0.05) is 35.6 Å². The SMILES string of the molecule is CC1CN(CCC(=O)c2cccc(Br)c2)C(C)CO1. The van der Waals surface area contributed by atoms with Crippen molar-refractivity contribution in [2.24, 2.45) is 0 Å². The lowest BCUT2D eigenvalue weighted by Gasteiger charge is -2.36. The largest absolute Gasteiger partial charge is 0.376 e. The number of rotatable bonds is 4. The molecule has 1 heterocycles. The van der Waals surface area contributed by atoms with E-state index < -0.39 is 0 Å². The number of ketones is 1. The summed E-state index contributed by atoms with van der Waals surface area (Å²) in [5, 5.41) is 0. The fourth-order valence-corrected chi connectivity index (χ4v) is 2.73. The van der Waals surface area contributed by atoms with Crippen molar-refractivity contribution < 1.29 is 9.53 Å². The van der Waals surface area contributed by atoms with Gasteiger partial charge in [0.25, 0.3) is 0 Å². The van der Waals surface area contributed by atoms with E-state index in [0.717, 1.165) is 29.7 Å². The highest BCUT2D eigenvalue weighted by atomic mass is 79.9. The van der Waals surface area contributed by atoms with Gasteiger partial charge in [0.2, 0.25) is 0 Å². The summed E-state index contributed by atoms with van der Waals surface area (Å²) < 4.78 is 6.55. The Labute approximate surface area is 123 Å². The first kappa shape index (κ1) is 14.7. The molecule has 0 aliphatic carbocycles. The minimum absolute atomic E-state index is 0.202. The molecule has 2 rings (SSSR count). The van der Waals surface area contributed by atoms with Crippen LogP contribution >= 0.6 is 15.9 Å². The number of benzene rings is 1. The number of morpholine rings is 1. The van der Waals surface area contributed by atoms with Gasteiger partial charge >= 0.3 is 0 Å². The molecule has 1 aromatic carbocycles. The molecule has 0 bridgehead atoms. The molecule has 0 amide bonds. The molecule has 0 aromatic heterocycles. The summed E-state index contributed by atoms with van der Waals surface area (Å²) in [7, 11) is 0. The first-order valence-electron chi connectivity index (χ1n) is 6.70. The molecule has 2 atom stereocenters. The molecule has 3 nitrogen and oxygen atoms in total. The third-order valence-corrected chi connectivity index (χ3v) is 4.00. The second-order valence-electron chi connectivity index (χ2n) is 5.17. The fourth-order valence-electron chi connectivity index (χ4n) is 2.33. The normalized spacial score (nSPS) is 24.4. The van der Waals surface area contributed by atoms with Crippen LogP contribution in [-0.4, -0.2) is 42.5 Å². The monoisotopic (exact) mass is 325 g/mol. The van der Waals surface area contributed by atoms with Gasteiger partial charge in [0.1, 0.15) is 0 Å². The van der Waals surface area contributed by atoms with Crippen molar-refractivity contribution in [3.05, 3.63) is 34.3 Å². The van der Waals surface area contributed by atoms with E-state index in [9.17, 15) is 4.79 Å². The number of Topliss-reactive ketones (excluding diaryl/α,β-unsaturated/α-hetero) is 1. The minimum Gasteiger partial charge on any atom is -0.376 e. The van der Waals surface area contributed by atoms with Gasteiger partial charge in [-0.05, 0) is 26.0 Å². The maximum Gasteiger partial charge on any atom is 0.164 e. The van der Waals surface area contributed by atoms with Crippen LogP contribution in [0.5, 0.6) is 0 Å². The van der Waals surface area contributed by atoms with Crippen LogP contribution in [0, 0.1) is 0 Å². The summed E-state index contributed by atoms with van der Waals surface area (Å²) in [5.41, 5.74) is 0.781. The molecule has 0 saturated carbocycles. The molecule has 1 aliphatic heterocycles. The Morgan fingerprint density at radius 2 is 2.26 bits per heavy atom. The molecule has 1 fully saturated rings. The molecule has 104 valence electrons. The van der Waals surface area contributed by atoms with Crippen molar-refractivity contribution in [2.45, 2.75) is 32.4 Å². The number of hydrogen-bond acceptors (Lipinski definition) is 3. The van der Waals surface area contributed by atoms with Crippen LogP contribution in [-0.2, 0) is 4.74 Å². The van der Waals surface area contributed by atoms with Crippen molar-refractivity contribution in [2.75, 3.05) is 19.7 Å². The van der Waals surface area contributed by atoms with E-state index in [2.05, 4.69) is 34.7 Å². The van der Waals surface area contributed by atoms with Crippen LogP contribution in [0.4, 0.5) is 0 Å². The van der Waals surface area contributed by atoms with E-state index in [-0.39, 0.29) is 11.9 Å². The minimum atomic E-state index is 0.202. The summed E-state index contributed by atoms with van der Waals surface area (Å²) in [6.45, 7) is 6.70. The number of carbonyl (C=O) groups is 1. The van der Waals surface area contributed by atoms with Crippen molar-refractivity contribution in [3.63, 3.8) is 0 Å². The van der Waals surface area contributed by atoms with Crippen molar-refractivity contribution in [1.29, 1.82) is 0 Å². The van der Waals surface area contributed by atoms with Crippen LogP contribution in [0.25, 0.3) is 0 Å². The van der Waals surface area contributed by atoms with E-state index in [1.165, 1.54) is 0 Å². The predicted octanol–water partition coefficient (Wildman–Crippen LogP) is 3.13. The quantitative estimate of drug-likeness (QED) is 0.796.